The van der Waals surface area contributed by atoms with Gasteiger partial charge in [-0.15, -0.1) is 0 Å². The first kappa shape index (κ1) is 21.0. The molecule has 0 saturated carbocycles. The number of hydrogen-bond acceptors (Lipinski definition) is 4. The van der Waals surface area contributed by atoms with Crippen LogP contribution in [0.5, 0.6) is 0 Å². The second kappa shape index (κ2) is 10.1. The largest absolute Gasteiger partial charge is 0.450 e. The Hall–Kier alpha value is -3.35. The smallest absolute Gasteiger partial charge is 0.411 e. The van der Waals surface area contributed by atoms with Crippen LogP contribution in [0.25, 0.3) is 0 Å². The topological polar surface area (TPSA) is 87.7 Å². The Bertz CT molecular complexity index is 834. The minimum absolute atomic E-state index is 0.0697. The molecule has 0 aromatic heterocycles. The van der Waals surface area contributed by atoms with E-state index in [1.165, 1.54) is 4.90 Å². The minimum Gasteiger partial charge on any atom is -0.450 e. The summed E-state index contributed by atoms with van der Waals surface area (Å²) in [5.41, 5.74) is 2.73. The van der Waals surface area contributed by atoms with Gasteiger partial charge >= 0.3 is 6.09 Å². The Balaban J connectivity index is 1.94. The van der Waals surface area contributed by atoms with Crippen LogP contribution in [0.4, 0.5) is 16.2 Å². The van der Waals surface area contributed by atoms with Crippen molar-refractivity contribution in [1.29, 1.82) is 0 Å². The van der Waals surface area contributed by atoms with E-state index in [9.17, 15) is 14.4 Å². The number of aryl methyl sites for hydroxylation is 1. The van der Waals surface area contributed by atoms with Gasteiger partial charge in [-0.25, -0.2) is 4.79 Å². The molecule has 0 saturated heterocycles. The van der Waals surface area contributed by atoms with Gasteiger partial charge in [-0.05, 0) is 49.2 Å². The van der Waals surface area contributed by atoms with Crippen LogP contribution in [0.1, 0.15) is 29.8 Å². The summed E-state index contributed by atoms with van der Waals surface area (Å²) in [6, 6.07) is 14.0. The molecule has 0 aliphatic heterocycles. The molecule has 0 fully saturated rings. The van der Waals surface area contributed by atoms with E-state index >= 15 is 0 Å². The first-order valence-corrected chi connectivity index (χ1v) is 9.11. The summed E-state index contributed by atoms with van der Waals surface area (Å²) in [5, 5.41) is 5.41. The monoisotopic (exact) mass is 383 g/mol. The second-order valence-corrected chi connectivity index (χ2v) is 6.14. The molecular formula is C21H25N3O4. The third-order valence-corrected chi connectivity index (χ3v) is 4.05. The molecule has 28 heavy (non-hydrogen) atoms. The van der Waals surface area contributed by atoms with Crippen LogP contribution in [-0.4, -0.2) is 43.0 Å². The molecule has 0 radical (unpaired) electrons. The minimum atomic E-state index is -0.553. The van der Waals surface area contributed by atoms with E-state index < -0.39 is 6.09 Å². The fourth-order valence-electron chi connectivity index (χ4n) is 2.63. The number of anilines is 2. The van der Waals surface area contributed by atoms with Gasteiger partial charge in [0.1, 0.15) is 0 Å². The zero-order chi connectivity index (χ0) is 20.5. The van der Waals surface area contributed by atoms with Crippen molar-refractivity contribution in [2.45, 2.75) is 20.3 Å². The molecule has 0 spiro atoms. The van der Waals surface area contributed by atoms with Crippen molar-refractivity contribution in [3.05, 3.63) is 59.7 Å². The number of ether oxygens (including phenoxy) is 1. The summed E-state index contributed by atoms with van der Waals surface area (Å²) < 4.78 is 4.80. The Morgan fingerprint density at radius 3 is 2.29 bits per heavy atom. The number of hydrogen-bond donors (Lipinski definition) is 2. The van der Waals surface area contributed by atoms with Crippen molar-refractivity contribution in [3.63, 3.8) is 0 Å². The summed E-state index contributed by atoms with van der Waals surface area (Å²) in [7, 11) is 1.57. The van der Waals surface area contributed by atoms with Gasteiger partial charge in [-0.2, -0.15) is 0 Å². The van der Waals surface area contributed by atoms with Gasteiger partial charge in [0, 0.05) is 24.0 Å². The molecule has 2 aromatic rings. The number of carbonyl (C=O) groups is 3. The quantitative estimate of drug-likeness (QED) is 0.766. The van der Waals surface area contributed by atoms with Crippen LogP contribution in [-0.2, 0) is 16.0 Å². The van der Waals surface area contributed by atoms with Crippen LogP contribution >= 0.6 is 0 Å². The average Bonchev–Trinajstić information content (AvgIpc) is 2.68. The number of amides is 3. The van der Waals surface area contributed by atoms with Gasteiger partial charge in [0.15, 0.2) is 0 Å². The van der Waals surface area contributed by atoms with Crippen molar-refractivity contribution < 1.29 is 19.1 Å². The first-order valence-electron chi connectivity index (χ1n) is 9.11. The maximum Gasteiger partial charge on any atom is 0.411 e. The van der Waals surface area contributed by atoms with Gasteiger partial charge in [-0.1, -0.05) is 25.1 Å². The van der Waals surface area contributed by atoms with Gasteiger partial charge in [0.2, 0.25) is 5.91 Å². The van der Waals surface area contributed by atoms with Gasteiger partial charge in [0.25, 0.3) is 5.91 Å². The number of carbonyl (C=O) groups excluding carboxylic acids is 3. The molecule has 0 unspecified atom stereocenters. The number of rotatable bonds is 7. The van der Waals surface area contributed by atoms with Crippen molar-refractivity contribution in [1.82, 2.24) is 4.90 Å². The number of nitrogens with one attached hydrogen (secondary N) is 2. The maximum atomic E-state index is 12.5. The summed E-state index contributed by atoms with van der Waals surface area (Å²) >= 11 is 0. The highest BCUT2D eigenvalue weighted by Crippen LogP contribution is 2.16. The zero-order valence-electron chi connectivity index (χ0n) is 16.3. The van der Waals surface area contributed by atoms with E-state index in [0.717, 1.165) is 17.7 Å². The molecule has 7 nitrogen and oxygen atoms in total. The third-order valence-electron chi connectivity index (χ3n) is 4.05. The van der Waals surface area contributed by atoms with Gasteiger partial charge < -0.3 is 15.0 Å². The molecule has 3 amide bonds. The average molecular weight is 383 g/mol. The van der Waals surface area contributed by atoms with E-state index in [2.05, 4.69) is 10.6 Å². The van der Waals surface area contributed by atoms with Crippen molar-refractivity contribution in [3.8, 4) is 0 Å². The SMILES string of the molecule is CCOC(=O)Nc1ccc(C(=O)N(C)CC(=O)Nc2ccccc2CC)cc1. The Morgan fingerprint density at radius 2 is 1.64 bits per heavy atom. The molecule has 7 heteroatoms. The normalized spacial score (nSPS) is 10.1. The van der Waals surface area contributed by atoms with Crippen LogP contribution < -0.4 is 10.6 Å². The molecule has 0 heterocycles. The predicted octanol–water partition coefficient (Wildman–Crippen LogP) is 3.53. The highest BCUT2D eigenvalue weighted by atomic mass is 16.5. The van der Waals surface area contributed by atoms with Crippen LogP contribution in [0, 0.1) is 0 Å². The molecule has 2 rings (SSSR count). The standard InChI is InChI=1S/C21H25N3O4/c1-4-15-8-6-7-9-18(15)23-19(25)14-24(3)20(26)16-10-12-17(13-11-16)22-21(27)28-5-2/h6-13H,4-5,14H2,1-3H3,(H,22,27)(H,23,25). The van der Waals surface area contributed by atoms with Crippen LogP contribution in [0.3, 0.4) is 0 Å². The lowest BCUT2D eigenvalue weighted by Crippen LogP contribution is -2.35. The molecule has 0 aliphatic carbocycles. The first-order chi connectivity index (χ1) is 13.4. The van der Waals surface area contributed by atoms with Crippen molar-refractivity contribution in [2.75, 3.05) is 30.8 Å². The molecule has 2 N–H and O–H groups in total. The molecule has 2 aromatic carbocycles. The Kier molecular flexibility index (Phi) is 7.56. The van der Waals surface area contributed by atoms with Gasteiger partial charge in [0.05, 0.1) is 13.2 Å². The van der Waals surface area contributed by atoms with Gasteiger partial charge in [-0.3, -0.25) is 14.9 Å². The van der Waals surface area contributed by atoms with Crippen molar-refractivity contribution >= 4 is 29.3 Å². The highest BCUT2D eigenvalue weighted by molar-refractivity contribution is 5.99. The summed E-state index contributed by atoms with van der Waals surface area (Å²) in [4.78, 5) is 37.6. The van der Waals surface area contributed by atoms with E-state index in [-0.39, 0.29) is 25.0 Å². The maximum absolute atomic E-state index is 12.5. The summed E-state index contributed by atoms with van der Waals surface area (Å²) in [6.07, 6.45) is 0.250. The summed E-state index contributed by atoms with van der Waals surface area (Å²) in [5.74, 6) is -0.557. The predicted molar refractivity (Wildman–Crippen MR) is 108 cm³/mol. The Morgan fingerprint density at radius 1 is 0.964 bits per heavy atom. The van der Waals surface area contributed by atoms with E-state index in [4.69, 9.17) is 4.74 Å². The number of nitrogens with zero attached hydrogens (tertiary/aromatic N) is 1. The number of likely N-dealkylation sites (N-methyl/N-ethyl adjacent to an activating group) is 1. The molecule has 0 bridgehead atoms. The fraction of sp³-hybridized carbons (Fsp3) is 0.286. The zero-order valence-corrected chi connectivity index (χ0v) is 16.3. The van der Waals surface area contributed by atoms with E-state index in [1.807, 2.05) is 31.2 Å². The lowest BCUT2D eigenvalue weighted by molar-refractivity contribution is -0.116. The Labute approximate surface area is 164 Å². The second-order valence-electron chi connectivity index (χ2n) is 6.14. The number of para-hydroxylation sites is 1. The fourth-order valence-corrected chi connectivity index (χ4v) is 2.63. The lowest BCUT2D eigenvalue weighted by Gasteiger charge is -2.18. The van der Waals surface area contributed by atoms with E-state index in [1.54, 1.807) is 38.2 Å². The molecule has 148 valence electrons. The van der Waals surface area contributed by atoms with Crippen molar-refractivity contribution in [2.24, 2.45) is 0 Å². The van der Waals surface area contributed by atoms with E-state index in [0.29, 0.717) is 11.3 Å². The molecule has 0 atom stereocenters. The number of benzene rings is 2. The van der Waals surface area contributed by atoms with Crippen LogP contribution in [0.2, 0.25) is 0 Å². The molecular weight excluding hydrogens is 358 g/mol. The van der Waals surface area contributed by atoms with Crippen LogP contribution in [0.15, 0.2) is 48.5 Å². The lowest BCUT2D eigenvalue weighted by atomic mass is 10.1. The highest BCUT2D eigenvalue weighted by Gasteiger charge is 2.16. The molecule has 0 aliphatic rings. The summed E-state index contributed by atoms with van der Waals surface area (Å²) in [6.45, 7) is 3.94. The third kappa shape index (κ3) is 5.84.